The van der Waals surface area contributed by atoms with Gasteiger partial charge in [0.25, 0.3) is 0 Å². The molecule has 0 spiro atoms. The van der Waals surface area contributed by atoms with E-state index in [2.05, 4.69) is 20.0 Å². The topological polar surface area (TPSA) is 84.3 Å². The molecule has 0 aliphatic rings. The Morgan fingerprint density at radius 1 is 1.53 bits per heavy atom. The summed E-state index contributed by atoms with van der Waals surface area (Å²) in [6.07, 6.45) is 1.42. The number of carbonyl (C=O) groups is 1. The number of anilines is 1. The van der Waals surface area contributed by atoms with Gasteiger partial charge in [-0.15, -0.1) is 0 Å². The van der Waals surface area contributed by atoms with Crippen LogP contribution < -0.4 is 5.32 Å². The van der Waals surface area contributed by atoms with Crippen molar-refractivity contribution in [3.8, 4) is 0 Å². The number of esters is 1. The van der Waals surface area contributed by atoms with Crippen molar-refractivity contribution in [3.63, 3.8) is 0 Å². The second-order valence-electron chi connectivity index (χ2n) is 3.89. The van der Waals surface area contributed by atoms with Crippen LogP contribution >= 0.6 is 0 Å². The third kappa shape index (κ3) is 3.67. The Kier molecular flexibility index (Phi) is 4.84. The second kappa shape index (κ2) is 6.15. The molecule has 1 aromatic rings. The van der Waals surface area contributed by atoms with Gasteiger partial charge in [0.2, 0.25) is 0 Å². The first-order valence-electron chi connectivity index (χ1n) is 5.35. The second-order valence-corrected chi connectivity index (χ2v) is 3.89. The van der Waals surface area contributed by atoms with Gasteiger partial charge in [-0.2, -0.15) is 0 Å². The monoisotopic (exact) mass is 239 g/mol. The van der Waals surface area contributed by atoms with Crippen molar-refractivity contribution >= 4 is 11.8 Å². The molecule has 17 heavy (non-hydrogen) atoms. The van der Waals surface area contributed by atoms with Crippen LogP contribution in [0.1, 0.15) is 25.5 Å². The van der Waals surface area contributed by atoms with Gasteiger partial charge in [0.1, 0.15) is 18.2 Å². The Hall–Kier alpha value is -1.69. The first-order chi connectivity index (χ1) is 8.08. The highest BCUT2D eigenvalue weighted by molar-refractivity contribution is 5.78. The highest BCUT2D eigenvalue weighted by Crippen LogP contribution is 2.14. The van der Waals surface area contributed by atoms with E-state index in [4.69, 9.17) is 5.11 Å². The average molecular weight is 239 g/mol. The van der Waals surface area contributed by atoms with Gasteiger partial charge in [0.15, 0.2) is 0 Å². The third-order valence-electron chi connectivity index (χ3n) is 2.27. The van der Waals surface area contributed by atoms with Crippen LogP contribution in [0.15, 0.2) is 12.4 Å². The molecule has 0 amide bonds. The maximum Gasteiger partial charge on any atom is 0.330 e. The zero-order chi connectivity index (χ0) is 12.8. The fourth-order valence-corrected chi connectivity index (χ4v) is 1.27. The zero-order valence-electron chi connectivity index (χ0n) is 10.2. The number of aliphatic hydroxyl groups is 1. The lowest BCUT2D eigenvalue weighted by atomic mass is 10.1. The van der Waals surface area contributed by atoms with E-state index < -0.39 is 12.0 Å². The van der Waals surface area contributed by atoms with E-state index in [9.17, 15) is 4.79 Å². The molecule has 0 aliphatic heterocycles. The first kappa shape index (κ1) is 13.4. The van der Waals surface area contributed by atoms with Gasteiger partial charge >= 0.3 is 5.97 Å². The minimum Gasteiger partial charge on any atom is -0.467 e. The number of methoxy groups -OCH3 is 1. The molecule has 0 saturated carbocycles. The maximum absolute atomic E-state index is 11.3. The van der Waals surface area contributed by atoms with E-state index in [1.165, 1.54) is 13.4 Å². The SMILES string of the molecule is COC(=O)C(CO)Nc1cc(C(C)C)ncn1. The zero-order valence-corrected chi connectivity index (χ0v) is 10.2. The molecular weight excluding hydrogens is 222 g/mol. The predicted molar refractivity (Wildman–Crippen MR) is 62.6 cm³/mol. The van der Waals surface area contributed by atoms with Gasteiger partial charge in [-0.3, -0.25) is 0 Å². The lowest BCUT2D eigenvalue weighted by Crippen LogP contribution is -2.34. The summed E-state index contributed by atoms with van der Waals surface area (Å²) in [5, 5.41) is 11.9. The summed E-state index contributed by atoms with van der Waals surface area (Å²) >= 11 is 0. The number of aliphatic hydroxyl groups excluding tert-OH is 1. The Morgan fingerprint density at radius 2 is 2.24 bits per heavy atom. The molecule has 0 fully saturated rings. The van der Waals surface area contributed by atoms with Crippen LogP contribution in [0, 0.1) is 0 Å². The molecule has 0 aliphatic carbocycles. The normalized spacial score (nSPS) is 12.3. The Morgan fingerprint density at radius 3 is 2.76 bits per heavy atom. The summed E-state index contributed by atoms with van der Waals surface area (Å²) in [7, 11) is 1.27. The standard InChI is InChI=1S/C11H17N3O3/c1-7(2)8-4-10(13-6-12-8)14-9(5-15)11(16)17-3/h4,6-7,9,15H,5H2,1-3H3,(H,12,13,14). The van der Waals surface area contributed by atoms with E-state index in [0.29, 0.717) is 5.82 Å². The summed E-state index contributed by atoms with van der Waals surface area (Å²) in [5.41, 5.74) is 0.865. The van der Waals surface area contributed by atoms with Crippen molar-refractivity contribution in [2.75, 3.05) is 19.0 Å². The first-order valence-corrected chi connectivity index (χ1v) is 5.35. The van der Waals surface area contributed by atoms with Crippen LogP contribution in [-0.2, 0) is 9.53 Å². The number of nitrogens with one attached hydrogen (secondary N) is 1. The van der Waals surface area contributed by atoms with Crippen LogP contribution in [-0.4, -0.2) is 40.8 Å². The van der Waals surface area contributed by atoms with E-state index in [1.54, 1.807) is 6.07 Å². The maximum atomic E-state index is 11.3. The van der Waals surface area contributed by atoms with E-state index in [1.807, 2.05) is 13.8 Å². The number of aromatic nitrogens is 2. The molecule has 1 heterocycles. The van der Waals surface area contributed by atoms with E-state index in [-0.39, 0.29) is 12.5 Å². The third-order valence-corrected chi connectivity index (χ3v) is 2.27. The minimum absolute atomic E-state index is 0.268. The van der Waals surface area contributed by atoms with Crippen molar-refractivity contribution < 1.29 is 14.6 Å². The fourth-order valence-electron chi connectivity index (χ4n) is 1.27. The van der Waals surface area contributed by atoms with Crippen LogP contribution in [0.2, 0.25) is 0 Å². The fraction of sp³-hybridized carbons (Fsp3) is 0.545. The molecular formula is C11H17N3O3. The van der Waals surface area contributed by atoms with Crippen molar-refractivity contribution in [2.24, 2.45) is 0 Å². The molecule has 1 atom stereocenters. The molecule has 2 N–H and O–H groups in total. The molecule has 6 nitrogen and oxygen atoms in total. The van der Waals surface area contributed by atoms with Gasteiger partial charge in [0.05, 0.1) is 13.7 Å². The van der Waals surface area contributed by atoms with Crippen LogP contribution in [0.25, 0.3) is 0 Å². The largest absolute Gasteiger partial charge is 0.467 e. The lowest BCUT2D eigenvalue weighted by molar-refractivity contribution is -0.142. The molecule has 0 saturated heterocycles. The van der Waals surface area contributed by atoms with Crippen molar-refractivity contribution in [1.82, 2.24) is 9.97 Å². The van der Waals surface area contributed by atoms with Gasteiger partial charge < -0.3 is 15.2 Å². The van der Waals surface area contributed by atoms with Crippen LogP contribution in [0.4, 0.5) is 5.82 Å². The molecule has 0 bridgehead atoms. The van der Waals surface area contributed by atoms with Gasteiger partial charge in [-0.1, -0.05) is 13.8 Å². The molecule has 6 heteroatoms. The number of rotatable bonds is 5. The number of hydrogen-bond donors (Lipinski definition) is 2. The molecule has 1 aromatic heterocycles. The Bertz CT molecular complexity index is 382. The minimum atomic E-state index is -0.810. The molecule has 94 valence electrons. The highest BCUT2D eigenvalue weighted by Gasteiger charge is 2.18. The van der Waals surface area contributed by atoms with Crippen molar-refractivity contribution in [2.45, 2.75) is 25.8 Å². The lowest BCUT2D eigenvalue weighted by Gasteiger charge is -2.15. The number of nitrogens with zero attached hydrogens (tertiary/aromatic N) is 2. The quantitative estimate of drug-likeness (QED) is 0.730. The Labute approximate surface area is 100 Å². The summed E-state index contributed by atoms with van der Waals surface area (Å²) in [4.78, 5) is 19.4. The smallest absolute Gasteiger partial charge is 0.330 e. The van der Waals surface area contributed by atoms with Crippen molar-refractivity contribution in [3.05, 3.63) is 18.1 Å². The predicted octanol–water partition coefficient (Wildman–Crippen LogP) is 0.546. The van der Waals surface area contributed by atoms with Crippen LogP contribution in [0.5, 0.6) is 0 Å². The average Bonchev–Trinajstić information content (AvgIpc) is 2.35. The Balaban J connectivity index is 2.79. The number of hydrogen-bond acceptors (Lipinski definition) is 6. The molecule has 0 radical (unpaired) electrons. The molecule has 0 aromatic carbocycles. The molecule has 1 unspecified atom stereocenters. The van der Waals surface area contributed by atoms with Gasteiger partial charge in [-0.25, -0.2) is 14.8 Å². The number of ether oxygens (including phenoxy) is 1. The molecule has 1 rings (SSSR count). The summed E-state index contributed by atoms with van der Waals surface area (Å²) in [6, 6.07) is 0.936. The highest BCUT2D eigenvalue weighted by atomic mass is 16.5. The van der Waals surface area contributed by atoms with Gasteiger partial charge in [-0.05, 0) is 5.92 Å². The van der Waals surface area contributed by atoms with Crippen molar-refractivity contribution in [1.29, 1.82) is 0 Å². The van der Waals surface area contributed by atoms with Gasteiger partial charge in [0, 0.05) is 11.8 Å². The van der Waals surface area contributed by atoms with E-state index >= 15 is 0 Å². The summed E-state index contributed by atoms with van der Waals surface area (Å²) in [6.45, 7) is 3.67. The van der Waals surface area contributed by atoms with Crippen LogP contribution in [0.3, 0.4) is 0 Å². The summed E-state index contributed by atoms with van der Waals surface area (Å²) in [5.74, 6) is 0.231. The van der Waals surface area contributed by atoms with E-state index in [0.717, 1.165) is 5.69 Å². The summed E-state index contributed by atoms with van der Waals surface area (Å²) < 4.78 is 4.55. The number of carbonyl (C=O) groups excluding carboxylic acids is 1.